The Balaban J connectivity index is 4.29. The highest BCUT2D eigenvalue weighted by atomic mass is 14.9. The molecule has 0 aromatic rings. The maximum atomic E-state index is 4.21. The van der Waals surface area contributed by atoms with Gasteiger partial charge in [0.1, 0.15) is 0 Å². The summed E-state index contributed by atoms with van der Waals surface area (Å²) >= 11 is 0. The van der Waals surface area contributed by atoms with E-state index in [0.29, 0.717) is 17.9 Å². The molecule has 0 saturated heterocycles. The zero-order chi connectivity index (χ0) is 13.8. The molecule has 0 amide bonds. The molecular formula is C16H33N. The highest BCUT2D eigenvalue weighted by Gasteiger charge is 2.24. The first kappa shape index (κ1) is 16.5. The Morgan fingerprint density at radius 1 is 1.06 bits per heavy atom. The van der Waals surface area contributed by atoms with Gasteiger partial charge in [-0.3, -0.25) is 0 Å². The van der Waals surface area contributed by atoms with Crippen molar-refractivity contribution in [2.75, 3.05) is 0 Å². The summed E-state index contributed by atoms with van der Waals surface area (Å²) in [6, 6.07) is 0.509. The first-order chi connectivity index (χ1) is 7.55. The molecule has 0 fully saturated rings. The minimum Gasteiger partial charge on any atom is -0.386 e. The topological polar surface area (TPSA) is 12.0 Å². The molecule has 0 heterocycles. The molecule has 0 aliphatic rings. The molecule has 0 saturated carbocycles. The minimum atomic E-state index is 0.283. The number of hydrogen-bond acceptors (Lipinski definition) is 1. The molecular weight excluding hydrogens is 206 g/mol. The molecule has 2 unspecified atom stereocenters. The standard InChI is InChI=1S/C16H33N/c1-11(2)10-12(3)14(5)17-15(6)13(4)16(7,8)9/h11-14,17H,6,10H2,1-5,7-9H3/t12?,13?,14-/m0/s1. The molecule has 3 atom stereocenters. The molecule has 0 radical (unpaired) electrons. The summed E-state index contributed by atoms with van der Waals surface area (Å²) in [5.74, 6) is 1.96. The van der Waals surface area contributed by atoms with Crippen LogP contribution < -0.4 is 5.32 Å². The largest absolute Gasteiger partial charge is 0.386 e. The SMILES string of the molecule is C=C(N[C@@H](C)C(C)CC(C)C)C(C)C(C)(C)C. The number of nitrogens with one attached hydrogen (secondary N) is 1. The van der Waals surface area contributed by atoms with Gasteiger partial charge in [0, 0.05) is 17.7 Å². The molecule has 17 heavy (non-hydrogen) atoms. The van der Waals surface area contributed by atoms with Crippen LogP contribution in [0.5, 0.6) is 0 Å². The molecule has 1 heteroatoms. The summed E-state index contributed by atoms with van der Waals surface area (Å²) in [4.78, 5) is 0. The fourth-order valence-electron chi connectivity index (χ4n) is 2.03. The summed E-state index contributed by atoms with van der Waals surface area (Å²) in [5, 5.41) is 3.60. The zero-order valence-electron chi connectivity index (χ0n) is 13.2. The van der Waals surface area contributed by atoms with Gasteiger partial charge in [-0.2, -0.15) is 0 Å². The second kappa shape index (κ2) is 6.47. The third kappa shape index (κ3) is 6.14. The van der Waals surface area contributed by atoms with Crippen molar-refractivity contribution in [3.05, 3.63) is 12.3 Å². The predicted octanol–water partition coefficient (Wildman–Crippen LogP) is 4.84. The van der Waals surface area contributed by atoms with Crippen molar-refractivity contribution in [1.82, 2.24) is 5.32 Å². The third-order valence-corrected chi connectivity index (χ3v) is 3.93. The van der Waals surface area contributed by atoms with E-state index < -0.39 is 0 Å². The third-order valence-electron chi connectivity index (χ3n) is 3.93. The smallest absolute Gasteiger partial charge is 0.0255 e. The van der Waals surface area contributed by atoms with Gasteiger partial charge in [0.2, 0.25) is 0 Å². The van der Waals surface area contributed by atoms with Crippen molar-refractivity contribution in [2.45, 2.75) is 67.9 Å². The van der Waals surface area contributed by atoms with Gasteiger partial charge < -0.3 is 5.32 Å². The van der Waals surface area contributed by atoms with Gasteiger partial charge in [0.15, 0.2) is 0 Å². The molecule has 0 aliphatic carbocycles. The Morgan fingerprint density at radius 2 is 1.53 bits per heavy atom. The van der Waals surface area contributed by atoms with Gasteiger partial charge in [0.05, 0.1) is 0 Å². The Morgan fingerprint density at radius 3 is 1.88 bits per heavy atom. The Hall–Kier alpha value is -0.460. The van der Waals surface area contributed by atoms with Crippen LogP contribution in [0, 0.1) is 23.2 Å². The maximum absolute atomic E-state index is 4.21. The van der Waals surface area contributed by atoms with E-state index in [1.165, 1.54) is 12.1 Å². The average Bonchev–Trinajstić information content (AvgIpc) is 2.13. The number of hydrogen-bond donors (Lipinski definition) is 1. The second-order valence-electron chi connectivity index (χ2n) is 7.15. The van der Waals surface area contributed by atoms with E-state index in [1.54, 1.807) is 0 Å². The summed E-state index contributed by atoms with van der Waals surface area (Å²) in [6.45, 7) is 22.5. The minimum absolute atomic E-state index is 0.283. The van der Waals surface area contributed by atoms with E-state index in [0.717, 1.165) is 5.92 Å². The van der Waals surface area contributed by atoms with Gasteiger partial charge >= 0.3 is 0 Å². The highest BCUT2D eigenvalue weighted by Crippen LogP contribution is 2.30. The van der Waals surface area contributed by atoms with E-state index in [1.807, 2.05) is 0 Å². The van der Waals surface area contributed by atoms with Crippen LogP contribution in [-0.4, -0.2) is 6.04 Å². The lowest BCUT2D eigenvalue weighted by Gasteiger charge is -2.33. The first-order valence-electron chi connectivity index (χ1n) is 7.01. The van der Waals surface area contributed by atoms with E-state index in [4.69, 9.17) is 0 Å². The van der Waals surface area contributed by atoms with E-state index in [-0.39, 0.29) is 5.41 Å². The van der Waals surface area contributed by atoms with Crippen LogP contribution in [0.2, 0.25) is 0 Å². The summed E-state index contributed by atoms with van der Waals surface area (Å²) in [5.41, 5.74) is 1.46. The molecule has 1 nitrogen and oxygen atoms in total. The molecule has 0 aliphatic heterocycles. The van der Waals surface area contributed by atoms with Crippen molar-refractivity contribution in [3.63, 3.8) is 0 Å². The predicted molar refractivity (Wildman–Crippen MR) is 79.0 cm³/mol. The molecule has 0 spiro atoms. The fraction of sp³-hybridized carbons (Fsp3) is 0.875. The van der Waals surface area contributed by atoms with E-state index in [9.17, 15) is 0 Å². The van der Waals surface area contributed by atoms with E-state index >= 15 is 0 Å². The Bertz CT molecular complexity index is 234. The van der Waals surface area contributed by atoms with Gasteiger partial charge in [-0.15, -0.1) is 0 Å². The van der Waals surface area contributed by atoms with Crippen molar-refractivity contribution >= 4 is 0 Å². The number of rotatable bonds is 6. The van der Waals surface area contributed by atoms with Crippen molar-refractivity contribution in [1.29, 1.82) is 0 Å². The quantitative estimate of drug-likeness (QED) is 0.699. The lowest BCUT2D eigenvalue weighted by Crippen LogP contribution is -2.36. The lowest BCUT2D eigenvalue weighted by molar-refractivity contribution is 0.271. The first-order valence-corrected chi connectivity index (χ1v) is 7.01. The van der Waals surface area contributed by atoms with Crippen LogP contribution >= 0.6 is 0 Å². The van der Waals surface area contributed by atoms with Crippen LogP contribution in [0.3, 0.4) is 0 Å². The van der Waals surface area contributed by atoms with Gasteiger partial charge in [-0.25, -0.2) is 0 Å². The molecule has 0 aromatic carbocycles. The van der Waals surface area contributed by atoms with Crippen LogP contribution in [0.4, 0.5) is 0 Å². The van der Waals surface area contributed by atoms with Crippen molar-refractivity contribution < 1.29 is 0 Å². The normalized spacial score (nSPS) is 17.7. The second-order valence-corrected chi connectivity index (χ2v) is 7.15. The average molecular weight is 239 g/mol. The van der Waals surface area contributed by atoms with Gasteiger partial charge in [-0.1, -0.05) is 55.0 Å². The Kier molecular flexibility index (Phi) is 6.29. The van der Waals surface area contributed by atoms with Crippen molar-refractivity contribution in [2.24, 2.45) is 23.2 Å². The maximum Gasteiger partial charge on any atom is 0.0255 e. The lowest BCUT2D eigenvalue weighted by atomic mass is 9.80. The van der Waals surface area contributed by atoms with Crippen molar-refractivity contribution in [3.8, 4) is 0 Å². The highest BCUT2D eigenvalue weighted by molar-refractivity contribution is 5.02. The van der Waals surface area contributed by atoms with Gasteiger partial charge in [0.25, 0.3) is 0 Å². The zero-order valence-corrected chi connectivity index (χ0v) is 13.2. The van der Waals surface area contributed by atoms with Crippen LogP contribution in [0.25, 0.3) is 0 Å². The summed E-state index contributed by atoms with van der Waals surface area (Å²) in [6.07, 6.45) is 1.27. The van der Waals surface area contributed by atoms with Crippen LogP contribution in [-0.2, 0) is 0 Å². The monoisotopic (exact) mass is 239 g/mol. The molecule has 0 bridgehead atoms. The molecule has 102 valence electrons. The van der Waals surface area contributed by atoms with Gasteiger partial charge in [-0.05, 0) is 30.6 Å². The fourth-order valence-corrected chi connectivity index (χ4v) is 2.03. The molecule has 0 aromatic heterocycles. The molecule has 1 N–H and O–H groups in total. The summed E-state index contributed by atoms with van der Waals surface area (Å²) in [7, 11) is 0. The number of allylic oxidation sites excluding steroid dienone is 1. The Labute approximate surface area is 109 Å². The van der Waals surface area contributed by atoms with E-state index in [2.05, 4.69) is 67.3 Å². The van der Waals surface area contributed by atoms with Crippen LogP contribution in [0.1, 0.15) is 61.8 Å². The molecule has 0 rings (SSSR count). The van der Waals surface area contributed by atoms with Crippen LogP contribution in [0.15, 0.2) is 12.3 Å². The summed E-state index contributed by atoms with van der Waals surface area (Å²) < 4.78 is 0.